The number of rotatable bonds is 4. The molecule has 1 N–H and O–H groups in total. The van der Waals surface area contributed by atoms with Gasteiger partial charge < -0.3 is 19.7 Å². The second-order valence-corrected chi connectivity index (χ2v) is 4.99. The molecule has 0 amide bonds. The van der Waals surface area contributed by atoms with Crippen LogP contribution in [0.4, 0.5) is 0 Å². The highest BCUT2D eigenvalue weighted by Crippen LogP contribution is 2.16. The summed E-state index contributed by atoms with van der Waals surface area (Å²) >= 11 is 5.34. The first kappa shape index (κ1) is 13.7. The van der Waals surface area contributed by atoms with Crippen LogP contribution in [-0.4, -0.2) is 55.6 Å². The molecule has 0 aliphatic carbocycles. The molecule has 0 radical (unpaired) electrons. The lowest BCUT2D eigenvalue weighted by Gasteiger charge is -2.39. The minimum absolute atomic E-state index is 0.101. The molecule has 94 valence electrons. The highest BCUT2D eigenvalue weighted by Gasteiger charge is 2.28. The molecule has 0 atom stereocenters. The Balaban J connectivity index is 2.25. The van der Waals surface area contributed by atoms with Gasteiger partial charge in [0.2, 0.25) is 0 Å². The summed E-state index contributed by atoms with van der Waals surface area (Å²) in [5, 5.41) is 4.07. The van der Waals surface area contributed by atoms with Gasteiger partial charge in [0.05, 0.1) is 12.2 Å². The Labute approximate surface area is 103 Å². The van der Waals surface area contributed by atoms with Crippen molar-refractivity contribution in [2.75, 3.05) is 40.0 Å². The normalized spacial score (nSPS) is 19.6. The fraction of sp³-hybridized carbons (Fsp3) is 0.909. The standard InChI is InChI=1S/C11H22N2O2S/c1-11(2)9-13(6-8-15-11)10(16)12-5-4-7-14-3/h4-9H2,1-3H3,(H,12,16). The molecule has 1 fully saturated rings. The summed E-state index contributed by atoms with van der Waals surface area (Å²) in [6, 6.07) is 0. The summed E-state index contributed by atoms with van der Waals surface area (Å²) in [6.45, 7) is 8.28. The van der Waals surface area contributed by atoms with Gasteiger partial charge in [-0.3, -0.25) is 0 Å². The molecule has 0 spiro atoms. The lowest BCUT2D eigenvalue weighted by molar-refractivity contribution is -0.0678. The van der Waals surface area contributed by atoms with Crippen molar-refractivity contribution in [2.45, 2.75) is 25.9 Å². The van der Waals surface area contributed by atoms with Crippen molar-refractivity contribution in [3.8, 4) is 0 Å². The summed E-state index contributed by atoms with van der Waals surface area (Å²) in [5.74, 6) is 0. The van der Waals surface area contributed by atoms with Crippen molar-refractivity contribution in [3.05, 3.63) is 0 Å². The monoisotopic (exact) mass is 246 g/mol. The molecule has 0 aromatic heterocycles. The van der Waals surface area contributed by atoms with Gasteiger partial charge in [-0.05, 0) is 32.5 Å². The van der Waals surface area contributed by atoms with E-state index in [0.29, 0.717) is 0 Å². The maximum Gasteiger partial charge on any atom is 0.169 e. The molecule has 16 heavy (non-hydrogen) atoms. The van der Waals surface area contributed by atoms with Crippen LogP contribution in [0.5, 0.6) is 0 Å². The minimum Gasteiger partial charge on any atom is -0.385 e. The van der Waals surface area contributed by atoms with Crippen LogP contribution in [-0.2, 0) is 9.47 Å². The van der Waals surface area contributed by atoms with Crippen LogP contribution in [0.15, 0.2) is 0 Å². The number of hydrogen-bond acceptors (Lipinski definition) is 3. The van der Waals surface area contributed by atoms with Gasteiger partial charge in [-0.1, -0.05) is 0 Å². The van der Waals surface area contributed by atoms with Gasteiger partial charge in [-0.15, -0.1) is 0 Å². The summed E-state index contributed by atoms with van der Waals surface area (Å²) in [6.07, 6.45) is 0.977. The summed E-state index contributed by atoms with van der Waals surface area (Å²) in [7, 11) is 1.71. The van der Waals surface area contributed by atoms with E-state index >= 15 is 0 Å². The Morgan fingerprint density at radius 1 is 1.56 bits per heavy atom. The quantitative estimate of drug-likeness (QED) is 0.591. The molecule has 5 heteroatoms. The van der Waals surface area contributed by atoms with E-state index in [0.717, 1.165) is 44.4 Å². The molecule has 1 aliphatic rings. The number of nitrogens with zero attached hydrogens (tertiary/aromatic N) is 1. The molecule has 0 saturated carbocycles. The van der Waals surface area contributed by atoms with Gasteiger partial charge >= 0.3 is 0 Å². The highest BCUT2D eigenvalue weighted by molar-refractivity contribution is 7.80. The van der Waals surface area contributed by atoms with Crippen molar-refractivity contribution in [1.29, 1.82) is 0 Å². The molecule has 4 nitrogen and oxygen atoms in total. The largest absolute Gasteiger partial charge is 0.385 e. The van der Waals surface area contributed by atoms with Crippen LogP contribution in [0, 0.1) is 0 Å². The molecule has 0 aromatic rings. The number of methoxy groups -OCH3 is 1. The summed E-state index contributed by atoms with van der Waals surface area (Å²) in [4.78, 5) is 2.17. The van der Waals surface area contributed by atoms with E-state index in [1.165, 1.54) is 0 Å². The van der Waals surface area contributed by atoms with Gasteiger partial charge in [0.15, 0.2) is 5.11 Å². The van der Waals surface area contributed by atoms with Crippen molar-refractivity contribution in [1.82, 2.24) is 10.2 Å². The van der Waals surface area contributed by atoms with Crippen LogP contribution in [0.3, 0.4) is 0 Å². The first-order chi connectivity index (χ1) is 7.55. The Bertz CT molecular complexity index is 234. The molecule has 0 bridgehead atoms. The number of hydrogen-bond donors (Lipinski definition) is 1. The van der Waals surface area contributed by atoms with E-state index in [9.17, 15) is 0 Å². The van der Waals surface area contributed by atoms with Crippen molar-refractivity contribution >= 4 is 17.3 Å². The second-order valence-electron chi connectivity index (χ2n) is 4.61. The third-order valence-electron chi connectivity index (χ3n) is 2.51. The van der Waals surface area contributed by atoms with Crippen LogP contribution in [0.1, 0.15) is 20.3 Å². The zero-order chi connectivity index (χ0) is 12.0. The van der Waals surface area contributed by atoms with E-state index in [4.69, 9.17) is 21.7 Å². The molecule has 1 aliphatic heterocycles. The van der Waals surface area contributed by atoms with Gasteiger partial charge in [-0.25, -0.2) is 0 Å². The third kappa shape index (κ3) is 4.63. The predicted octanol–water partition coefficient (Wildman–Crippen LogP) is 1.01. The zero-order valence-electron chi connectivity index (χ0n) is 10.4. The van der Waals surface area contributed by atoms with Gasteiger partial charge in [0, 0.05) is 33.4 Å². The molecular weight excluding hydrogens is 224 g/mol. The molecule has 0 unspecified atom stereocenters. The van der Waals surface area contributed by atoms with E-state index in [1.54, 1.807) is 7.11 Å². The van der Waals surface area contributed by atoms with Crippen LogP contribution in [0.2, 0.25) is 0 Å². The van der Waals surface area contributed by atoms with Crippen LogP contribution in [0.25, 0.3) is 0 Å². The lowest BCUT2D eigenvalue weighted by atomic mass is 10.1. The molecular formula is C11H22N2O2S. The number of morpholine rings is 1. The maximum absolute atomic E-state index is 5.64. The van der Waals surface area contributed by atoms with Gasteiger partial charge in [0.1, 0.15) is 0 Å². The Hall–Kier alpha value is -0.390. The van der Waals surface area contributed by atoms with E-state index < -0.39 is 0 Å². The summed E-state index contributed by atoms with van der Waals surface area (Å²) in [5.41, 5.74) is -0.101. The Kier molecular flexibility index (Phi) is 5.44. The van der Waals surface area contributed by atoms with Crippen molar-refractivity contribution in [3.63, 3.8) is 0 Å². The first-order valence-electron chi connectivity index (χ1n) is 5.71. The average Bonchev–Trinajstić information content (AvgIpc) is 2.22. The lowest BCUT2D eigenvalue weighted by Crippen LogP contribution is -2.53. The maximum atomic E-state index is 5.64. The number of thiocarbonyl (C=S) groups is 1. The zero-order valence-corrected chi connectivity index (χ0v) is 11.2. The first-order valence-corrected chi connectivity index (χ1v) is 6.12. The fourth-order valence-corrected chi connectivity index (χ4v) is 1.97. The molecule has 0 aromatic carbocycles. The third-order valence-corrected chi connectivity index (χ3v) is 2.92. The average molecular weight is 246 g/mol. The molecule has 1 rings (SSSR count). The predicted molar refractivity (Wildman–Crippen MR) is 68.7 cm³/mol. The van der Waals surface area contributed by atoms with Gasteiger partial charge in [-0.2, -0.15) is 0 Å². The topological polar surface area (TPSA) is 33.7 Å². The van der Waals surface area contributed by atoms with Gasteiger partial charge in [0.25, 0.3) is 0 Å². The van der Waals surface area contributed by atoms with Crippen LogP contribution < -0.4 is 5.32 Å². The van der Waals surface area contributed by atoms with E-state index in [-0.39, 0.29) is 5.60 Å². The fourth-order valence-electron chi connectivity index (χ4n) is 1.71. The van der Waals surface area contributed by atoms with Crippen molar-refractivity contribution in [2.24, 2.45) is 0 Å². The Morgan fingerprint density at radius 3 is 2.94 bits per heavy atom. The molecule has 1 heterocycles. The van der Waals surface area contributed by atoms with Crippen molar-refractivity contribution < 1.29 is 9.47 Å². The highest BCUT2D eigenvalue weighted by atomic mass is 32.1. The van der Waals surface area contributed by atoms with E-state index in [2.05, 4.69) is 24.1 Å². The summed E-state index contributed by atoms with van der Waals surface area (Å²) < 4.78 is 10.6. The Morgan fingerprint density at radius 2 is 2.31 bits per heavy atom. The smallest absolute Gasteiger partial charge is 0.169 e. The molecule has 1 saturated heterocycles. The minimum atomic E-state index is -0.101. The second kappa shape index (κ2) is 6.37. The SMILES string of the molecule is COCCCNC(=S)N1CCOC(C)(C)C1. The van der Waals surface area contributed by atoms with E-state index in [1.807, 2.05) is 0 Å². The number of ether oxygens (including phenoxy) is 2. The number of nitrogens with one attached hydrogen (secondary N) is 1. The van der Waals surface area contributed by atoms with Crippen LogP contribution >= 0.6 is 12.2 Å².